The number of benzene rings is 1. The molecule has 3 nitrogen and oxygen atoms in total. The van der Waals surface area contributed by atoms with E-state index in [-0.39, 0.29) is 21.6 Å². The monoisotopic (exact) mass is 486 g/mol. The number of aliphatic hydroxyl groups is 1. The van der Waals surface area contributed by atoms with Crippen LogP contribution in [0, 0.1) is 5.92 Å². The van der Waals surface area contributed by atoms with Crippen molar-refractivity contribution in [3.8, 4) is 0 Å². The molecular weight excluding hydrogens is 455 g/mol. The van der Waals surface area contributed by atoms with Crippen molar-refractivity contribution in [2.75, 3.05) is 6.61 Å². The van der Waals surface area contributed by atoms with Gasteiger partial charge in [0, 0.05) is 12.2 Å². The fourth-order valence-corrected chi connectivity index (χ4v) is 4.72. The molecule has 0 spiro atoms. The number of hydrogen-bond donors (Lipinski definition) is 1. The summed E-state index contributed by atoms with van der Waals surface area (Å²) >= 11 is 19.4. The molecule has 1 aromatic rings. The van der Waals surface area contributed by atoms with E-state index in [1.807, 2.05) is 6.07 Å². The number of carbonyl (C=O) groups excluding carboxylic acids is 1. The largest absolute Gasteiger partial charge is 0.507 e. The molecule has 0 aromatic heterocycles. The van der Waals surface area contributed by atoms with E-state index in [1.54, 1.807) is 24.3 Å². The SMILES string of the molecule is CCCCCCCCCCCCOC1(Cl)C(Cl)=CC(O)=C(Cl)C1C(=O)c1ccccc1. The van der Waals surface area contributed by atoms with Crippen molar-refractivity contribution in [3.63, 3.8) is 0 Å². The molecular formula is C25H33Cl3O3. The van der Waals surface area contributed by atoms with Crippen LogP contribution in [-0.2, 0) is 4.74 Å². The zero-order valence-corrected chi connectivity index (χ0v) is 20.5. The molecule has 0 aliphatic heterocycles. The molecule has 2 atom stereocenters. The van der Waals surface area contributed by atoms with Crippen LogP contribution in [0.4, 0.5) is 0 Å². The van der Waals surface area contributed by atoms with Gasteiger partial charge >= 0.3 is 0 Å². The highest BCUT2D eigenvalue weighted by Gasteiger charge is 2.50. The second kappa shape index (κ2) is 13.5. The van der Waals surface area contributed by atoms with Crippen LogP contribution < -0.4 is 0 Å². The first kappa shape index (κ1) is 26.3. The highest BCUT2D eigenvalue weighted by Crippen LogP contribution is 2.48. The Balaban J connectivity index is 1.87. The first-order valence-electron chi connectivity index (χ1n) is 11.3. The lowest BCUT2D eigenvalue weighted by Gasteiger charge is -2.36. The Labute approximate surface area is 201 Å². The van der Waals surface area contributed by atoms with Crippen LogP contribution in [0.25, 0.3) is 0 Å². The number of alkyl halides is 1. The van der Waals surface area contributed by atoms with Crippen molar-refractivity contribution in [3.05, 3.63) is 57.8 Å². The number of hydrogen-bond acceptors (Lipinski definition) is 3. The van der Waals surface area contributed by atoms with Crippen molar-refractivity contribution < 1.29 is 14.6 Å². The molecule has 0 saturated heterocycles. The molecule has 1 N–H and O–H groups in total. The van der Waals surface area contributed by atoms with E-state index >= 15 is 0 Å². The zero-order chi connectivity index (χ0) is 22.7. The molecule has 0 heterocycles. The first-order chi connectivity index (χ1) is 14.9. The van der Waals surface area contributed by atoms with E-state index in [0.29, 0.717) is 12.2 Å². The van der Waals surface area contributed by atoms with Crippen LogP contribution in [0.5, 0.6) is 0 Å². The van der Waals surface area contributed by atoms with Gasteiger partial charge in [0.15, 0.2) is 10.8 Å². The van der Waals surface area contributed by atoms with Crippen molar-refractivity contribution in [2.24, 2.45) is 5.92 Å². The highest BCUT2D eigenvalue weighted by molar-refractivity contribution is 6.43. The summed E-state index contributed by atoms with van der Waals surface area (Å²) in [7, 11) is 0. The number of ether oxygens (including phenoxy) is 1. The number of ketones is 1. The van der Waals surface area contributed by atoms with Crippen molar-refractivity contribution in [2.45, 2.75) is 76.2 Å². The maximum absolute atomic E-state index is 13.1. The molecule has 0 saturated carbocycles. The Morgan fingerprint density at radius 3 is 2.10 bits per heavy atom. The third kappa shape index (κ3) is 7.53. The quantitative estimate of drug-likeness (QED) is 0.162. The van der Waals surface area contributed by atoms with Gasteiger partial charge in [-0.15, -0.1) is 0 Å². The van der Waals surface area contributed by atoms with Crippen molar-refractivity contribution in [1.29, 1.82) is 0 Å². The van der Waals surface area contributed by atoms with Crippen LogP contribution in [0.2, 0.25) is 0 Å². The topological polar surface area (TPSA) is 46.5 Å². The Morgan fingerprint density at radius 2 is 1.52 bits per heavy atom. The number of halogens is 3. The minimum Gasteiger partial charge on any atom is -0.507 e. The lowest BCUT2D eigenvalue weighted by atomic mass is 9.87. The minimum atomic E-state index is -1.63. The summed E-state index contributed by atoms with van der Waals surface area (Å²) < 4.78 is 5.94. The molecule has 2 unspecified atom stereocenters. The number of unbranched alkanes of at least 4 members (excludes halogenated alkanes) is 9. The van der Waals surface area contributed by atoms with Crippen molar-refractivity contribution in [1.82, 2.24) is 0 Å². The summed E-state index contributed by atoms with van der Waals surface area (Å²) in [5.74, 6) is -1.72. The minimum absolute atomic E-state index is 0.0532. The lowest BCUT2D eigenvalue weighted by Crippen LogP contribution is -2.43. The second-order valence-corrected chi connectivity index (χ2v) is 9.44. The molecule has 6 heteroatoms. The number of rotatable bonds is 14. The summed E-state index contributed by atoms with van der Waals surface area (Å²) in [5, 5.41) is 8.49. The lowest BCUT2D eigenvalue weighted by molar-refractivity contribution is 0.0170. The van der Waals surface area contributed by atoms with Gasteiger partial charge in [0.05, 0.1) is 10.1 Å². The molecule has 1 aliphatic rings. The van der Waals surface area contributed by atoms with E-state index in [0.717, 1.165) is 19.3 Å². The third-order valence-corrected chi connectivity index (χ3v) is 7.02. The van der Waals surface area contributed by atoms with Crippen LogP contribution >= 0.6 is 34.8 Å². The van der Waals surface area contributed by atoms with Gasteiger partial charge in [-0.25, -0.2) is 0 Å². The number of Topliss-reactive ketones (excluding diaryl/α,β-unsaturated/α-hetero) is 1. The van der Waals surface area contributed by atoms with E-state index in [1.165, 1.54) is 51.0 Å². The van der Waals surface area contributed by atoms with Gasteiger partial charge < -0.3 is 9.84 Å². The average molecular weight is 488 g/mol. The first-order valence-corrected chi connectivity index (χ1v) is 12.4. The van der Waals surface area contributed by atoms with Crippen LogP contribution in [0.1, 0.15) is 81.5 Å². The number of carbonyl (C=O) groups is 1. The predicted molar refractivity (Wildman–Crippen MR) is 130 cm³/mol. The summed E-state index contributed by atoms with van der Waals surface area (Å²) in [4.78, 5) is 13.1. The maximum Gasteiger partial charge on any atom is 0.192 e. The molecule has 0 radical (unpaired) electrons. The fourth-order valence-electron chi connectivity index (χ4n) is 3.75. The Kier molecular flexibility index (Phi) is 11.5. The Bertz CT molecular complexity index is 761. The van der Waals surface area contributed by atoms with E-state index in [9.17, 15) is 9.90 Å². The van der Waals surface area contributed by atoms with Crippen molar-refractivity contribution >= 4 is 40.6 Å². The van der Waals surface area contributed by atoms with E-state index in [2.05, 4.69) is 6.92 Å². The predicted octanol–water partition coefficient (Wildman–Crippen LogP) is 8.50. The van der Waals surface area contributed by atoms with E-state index < -0.39 is 11.0 Å². The normalized spacial score (nSPS) is 21.3. The smallest absolute Gasteiger partial charge is 0.192 e. The van der Waals surface area contributed by atoms with Gasteiger partial charge in [0.25, 0.3) is 0 Å². The van der Waals surface area contributed by atoms with Gasteiger partial charge in [-0.05, 0) is 12.5 Å². The Morgan fingerprint density at radius 1 is 0.968 bits per heavy atom. The summed E-state index contributed by atoms with van der Waals surface area (Å²) in [6, 6.07) is 8.68. The Hall–Kier alpha value is -1.00. The zero-order valence-electron chi connectivity index (χ0n) is 18.2. The van der Waals surface area contributed by atoms with Gasteiger partial charge in [0.2, 0.25) is 0 Å². The molecule has 0 fully saturated rings. The van der Waals surface area contributed by atoms with Gasteiger partial charge in [-0.1, -0.05) is 130 Å². The molecule has 1 aromatic carbocycles. The molecule has 172 valence electrons. The fraction of sp³-hybridized carbons (Fsp3) is 0.560. The summed E-state index contributed by atoms with van der Waals surface area (Å²) in [6.07, 6.45) is 13.3. The van der Waals surface area contributed by atoms with Gasteiger partial charge in [-0.2, -0.15) is 0 Å². The molecule has 31 heavy (non-hydrogen) atoms. The highest BCUT2D eigenvalue weighted by atomic mass is 35.5. The standard InChI is InChI=1S/C25H33Cl3O3/c1-2-3-4-5-6-7-8-9-10-14-17-31-25(28)21(26)18-20(29)23(27)22(25)24(30)19-15-12-11-13-16-19/h11-13,15-16,18,22,29H,2-10,14,17H2,1H3. The molecule has 0 amide bonds. The average Bonchev–Trinajstić information content (AvgIpc) is 2.77. The third-order valence-electron chi connectivity index (χ3n) is 5.59. The number of allylic oxidation sites excluding steroid dienone is 1. The van der Waals surface area contributed by atoms with Crippen LogP contribution in [0.3, 0.4) is 0 Å². The van der Waals surface area contributed by atoms with Gasteiger partial charge in [0.1, 0.15) is 11.7 Å². The van der Waals surface area contributed by atoms with Crippen LogP contribution in [0.15, 0.2) is 52.2 Å². The van der Waals surface area contributed by atoms with Crippen LogP contribution in [-0.4, -0.2) is 22.6 Å². The second-order valence-electron chi connectivity index (χ2n) is 8.06. The molecule has 2 rings (SSSR count). The summed E-state index contributed by atoms with van der Waals surface area (Å²) in [6.45, 7) is 2.59. The van der Waals surface area contributed by atoms with E-state index in [4.69, 9.17) is 39.5 Å². The molecule has 0 bridgehead atoms. The molecule has 1 aliphatic carbocycles. The maximum atomic E-state index is 13.1. The summed E-state index contributed by atoms with van der Waals surface area (Å²) in [5.41, 5.74) is 0.428. The number of aliphatic hydroxyl groups excluding tert-OH is 1. The van der Waals surface area contributed by atoms with Gasteiger partial charge in [-0.3, -0.25) is 4.79 Å².